The van der Waals surface area contributed by atoms with Crippen molar-refractivity contribution >= 4 is 0 Å². The fraction of sp³-hybridized carbons (Fsp3) is 0.429. The number of aromatic nitrogens is 3. The van der Waals surface area contributed by atoms with Gasteiger partial charge in [0.1, 0.15) is 0 Å². The Labute approximate surface area is 106 Å². The molecule has 0 saturated heterocycles. The number of nitrogens with zero attached hydrogens (tertiary/aromatic N) is 3. The molecule has 1 saturated carbocycles. The van der Waals surface area contributed by atoms with Crippen LogP contribution in [0.3, 0.4) is 0 Å². The first kappa shape index (κ1) is 11.4. The molecule has 3 rings (SSSR count). The van der Waals surface area contributed by atoms with Gasteiger partial charge in [-0.25, -0.2) is 0 Å². The number of aliphatic hydroxyl groups excluding tert-OH is 1. The maximum Gasteiger partial charge on any atom is 0.0852 e. The number of benzene rings is 1. The summed E-state index contributed by atoms with van der Waals surface area (Å²) in [6.45, 7) is 0. The van der Waals surface area contributed by atoms with Crippen LogP contribution in [0.15, 0.2) is 36.5 Å². The van der Waals surface area contributed by atoms with Crippen LogP contribution in [0.5, 0.6) is 0 Å². The lowest BCUT2D eigenvalue weighted by atomic mass is 10.0. The van der Waals surface area contributed by atoms with Crippen molar-refractivity contribution in [2.24, 2.45) is 13.0 Å². The third-order valence-corrected chi connectivity index (χ3v) is 3.63. The van der Waals surface area contributed by atoms with Gasteiger partial charge in [-0.2, -0.15) is 0 Å². The van der Waals surface area contributed by atoms with Crippen LogP contribution in [0, 0.1) is 5.92 Å². The first-order valence-corrected chi connectivity index (χ1v) is 6.32. The molecule has 3 atom stereocenters. The Morgan fingerprint density at radius 1 is 1.39 bits per heavy atom. The lowest BCUT2D eigenvalue weighted by molar-refractivity contribution is 0.148. The molecule has 4 heteroatoms. The monoisotopic (exact) mass is 243 g/mol. The van der Waals surface area contributed by atoms with E-state index in [1.54, 1.807) is 4.68 Å². The van der Waals surface area contributed by atoms with Crippen LogP contribution in [0.1, 0.15) is 23.6 Å². The summed E-state index contributed by atoms with van der Waals surface area (Å²) in [5.41, 5.74) is 2.20. The van der Waals surface area contributed by atoms with E-state index in [1.165, 1.54) is 5.56 Å². The summed E-state index contributed by atoms with van der Waals surface area (Å²) in [4.78, 5) is 0. The maximum atomic E-state index is 10.2. The molecule has 0 radical (unpaired) electrons. The molecule has 18 heavy (non-hydrogen) atoms. The maximum absolute atomic E-state index is 10.2. The molecular weight excluding hydrogens is 226 g/mol. The molecule has 4 nitrogen and oxygen atoms in total. The van der Waals surface area contributed by atoms with E-state index in [-0.39, 0.29) is 6.10 Å². The molecule has 1 aromatic heterocycles. The largest absolute Gasteiger partial charge is 0.392 e. The highest BCUT2D eigenvalue weighted by atomic mass is 16.3. The Hall–Kier alpha value is -1.68. The average Bonchev–Trinajstić information content (AvgIpc) is 3.09. The Morgan fingerprint density at radius 2 is 2.17 bits per heavy atom. The fourth-order valence-electron chi connectivity index (χ4n) is 2.58. The summed E-state index contributed by atoms with van der Waals surface area (Å²) in [5, 5.41) is 18.1. The van der Waals surface area contributed by atoms with Crippen molar-refractivity contribution in [1.82, 2.24) is 15.0 Å². The van der Waals surface area contributed by atoms with Gasteiger partial charge < -0.3 is 5.11 Å². The number of rotatable bonds is 4. The molecule has 3 unspecified atom stereocenters. The zero-order valence-corrected chi connectivity index (χ0v) is 10.4. The van der Waals surface area contributed by atoms with Crippen molar-refractivity contribution in [1.29, 1.82) is 0 Å². The summed E-state index contributed by atoms with van der Waals surface area (Å²) in [5.74, 6) is 0.882. The number of aryl methyl sites for hydroxylation is 1. The SMILES string of the molecule is Cn1cc(CC(O)C2CC2c2ccccc2)nn1. The minimum Gasteiger partial charge on any atom is -0.392 e. The topological polar surface area (TPSA) is 50.9 Å². The van der Waals surface area contributed by atoms with Gasteiger partial charge in [-0.05, 0) is 23.8 Å². The van der Waals surface area contributed by atoms with E-state index in [2.05, 4.69) is 34.6 Å². The highest BCUT2D eigenvalue weighted by Crippen LogP contribution is 2.49. The van der Waals surface area contributed by atoms with Crippen molar-refractivity contribution in [2.45, 2.75) is 24.9 Å². The highest BCUT2D eigenvalue weighted by Gasteiger charge is 2.43. The Morgan fingerprint density at radius 3 is 2.83 bits per heavy atom. The van der Waals surface area contributed by atoms with Gasteiger partial charge >= 0.3 is 0 Å². The summed E-state index contributed by atoms with van der Waals surface area (Å²) < 4.78 is 1.67. The second kappa shape index (κ2) is 4.53. The summed E-state index contributed by atoms with van der Waals surface area (Å²) in [6.07, 6.45) is 3.23. The fourth-order valence-corrected chi connectivity index (χ4v) is 2.58. The van der Waals surface area contributed by atoms with E-state index >= 15 is 0 Å². The van der Waals surface area contributed by atoms with Gasteiger partial charge in [0.2, 0.25) is 0 Å². The van der Waals surface area contributed by atoms with E-state index in [4.69, 9.17) is 0 Å². The van der Waals surface area contributed by atoms with Gasteiger partial charge in [-0.1, -0.05) is 35.5 Å². The van der Waals surface area contributed by atoms with Crippen LogP contribution in [0.25, 0.3) is 0 Å². The Kier molecular flexibility index (Phi) is 2.88. The molecule has 1 aromatic carbocycles. The van der Waals surface area contributed by atoms with E-state index in [1.807, 2.05) is 19.3 Å². The van der Waals surface area contributed by atoms with Gasteiger partial charge in [0, 0.05) is 19.7 Å². The standard InChI is InChI=1S/C14H17N3O/c1-17-9-11(15-16-17)7-14(18)13-8-12(13)10-5-3-2-4-6-10/h2-6,9,12-14,18H,7-8H2,1H3. The molecule has 0 bridgehead atoms. The summed E-state index contributed by atoms with van der Waals surface area (Å²) in [6, 6.07) is 10.4. The Balaban J connectivity index is 1.61. The normalized spacial score (nSPS) is 23.9. The van der Waals surface area contributed by atoms with Crippen molar-refractivity contribution in [2.75, 3.05) is 0 Å². The van der Waals surface area contributed by atoms with Gasteiger partial charge in [0.25, 0.3) is 0 Å². The summed E-state index contributed by atoms with van der Waals surface area (Å²) in [7, 11) is 1.84. The van der Waals surface area contributed by atoms with Gasteiger partial charge in [-0.15, -0.1) is 5.10 Å². The quantitative estimate of drug-likeness (QED) is 0.885. The number of hydrogen-bond donors (Lipinski definition) is 1. The zero-order chi connectivity index (χ0) is 12.5. The molecule has 1 aliphatic rings. The van der Waals surface area contributed by atoms with Crippen LogP contribution in [-0.2, 0) is 13.5 Å². The molecular formula is C14H17N3O. The minimum absolute atomic E-state index is 0.313. The van der Waals surface area contributed by atoms with Crippen LogP contribution in [0.4, 0.5) is 0 Å². The van der Waals surface area contributed by atoms with E-state index in [9.17, 15) is 5.11 Å². The lowest BCUT2D eigenvalue weighted by Crippen LogP contribution is -2.14. The highest BCUT2D eigenvalue weighted by molar-refractivity contribution is 5.26. The molecule has 0 spiro atoms. The van der Waals surface area contributed by atoms with Gasteiger partial charge in [0.05, 0.1) is 11.8 Å². The predicted molar refractivity (Wildman–Crippen MR) is 68.0 cm³/mol. The zero-order valence-electron chi connectivity index (χ0n) is 10.4. The average molecular weight is 243 g/mol. The van der Waals surface area contributed by atoms with Crippen molar-refractivity contribution < 1.29 is 5.11 Å². The van der Waals surface area contributed by atoms with Gasteiger partial charge in [-0.3, -0.25) is 4.68 Å². The summed E-state index contributed by atoms with van der Waals surface area (Å²) >= 11 is 0. The molecule has 1 aliphatic carbocycles. The molecule has 94 valence electrons. The van der Waals surface area contributed by atoms with E-state index in [0.29, 0.717) is 18.3 Å². The van der Waals surface area contributed by atoms with Crippen molar-refractivity contribution in [3.05, 3.63) is 47.8 Å². The molecule has 0 aliphatic heterocycles. The third-order valence-electron chi connectivity index (χ3n) is 3.63. The number of aliphatic hydroxyl groups is 1. The van der Waals surface area contributed by atoms with E-state index < -0.39 is 0 Å². The van der Waals surface area contributed by atoms with E-state index in [0.717, 1.165) is 12.1 Å². The first-order valence-electron chi connectivity index (χ1n) is 6.32. The van der Waals surface area contributed by atoms with Crippen LogP contribution in [0.2, 0.25) is 0 Å². The van der Waals surface area contributed by atoms with Crippen LogP contribution in [-0.4, -0.2) is 26.2 Å². The molecule has 1 fully saturated rings. The smallest absolute Gasteiger partial charge is 0.0852 e. The second-order valence-electron chi connectivity index (χ2n) is 5.07. The minimum atomic E-state index is -0.313. The first-order chi connectivity index (χ1) is 8.74. The van der Waals surface area contributed by atoms with Crippen LogP contribution >= 0.6 is 0 Å². The molecule has 1 N–H and O–H groups in total. The lowest BCUT2D eigenvalue weighted by Gasteiger charge is -2.08. The Bertz CT molecular complexity index is 523. The number of hydrogen-bond acceptors (Lipinski definition) is 3. The van der Waals surface area contributed by atoms with Gasteiger partial charge in [0.15, 0.2) is 0 Å². The molecule has 2 aromatic rings. The van der Waals surface area contributed by atoms with Crippen LogP contribution < -0.4 is 0 Å². The predicted octanol–water partition coefficient (Wildman–Crippen LogP) is 1.52. The van der Waals surface area contributed by atoms with Crippen molar-refractivity contribution in [3.8, 4) is 0 Å². The van der Waals surface area contributed by atoms with Crippen molar-refractivity contribution in [3.63, 3.8) is 0 Å². The third kappa shape index (κ3) is 2.29. The molecule has 1 heterocycles. The second-order valence-corrected chi connectivity index (χ2v) is 5.07. The molecule has 0 amide bonds.